The molecule has 1 unspecified atom stereocenters. The molecule has 11 heteroatoms. The molecule has 170 valence electrons. The third kappa shape index (κ3) is 5.43. The number of ether oxygens (including phenoxy) is 1. The SMILES string of the molecule is CCOC(=O)CS(=O)c1ccc(C(=O)N2CCN(c3ccccc3Cl)CC2)cc1[N+](=O)[O-]. The van der Waals surface area contributed by atoms with Gasteiger partial charge in [0.05, 0.1) is 33.0 Å². The van der Waals surface area contributed by atoms with Crippen LogP contribution in [0.15, 0.2) is 47.4 Å². The van der Waals surface area contributed by atoms with Crippen LogP contribution in [-0.4, -0.2) is 64.4 Å². The average molecular weight is 480 g/mol. The van der Waals surface area contributed by atoms with Gasteiger partial charge in [0.2, 0.25) is 0 Å². The van der Waals surface area contributed by atoms with Crippen molar-refractivity contribution in [3.05, 3.63) is 63.2 Å². The molecule has 0 aliphatic carbocycles. The molecule has 1 aliphatic rings. The van der Waals surface area contributed by atoms with Gasteiger partial charge in [-0.05, 0) is 31.2 Å². The highest BCUT2D eigenvalue weighted by Crippen LogP contribution is 2.28. The van der Waals surface area contributed by atoms with Gasteiger partial charge in [-0.3, -0.25) is 23.9 Å². The topological polar surface area (TPSA) is 110 Å². The van der Waals surface area contributed by atoms with Gasteiger partial charge in [0.15, 0.2) is 0 Å². The van der Waals surface area contributed by atoms with Crippen LogP contribution < -0.4 is 4.90 Å². The molecule has 0 aromatic heterocycles. The standard InChI is InChI=1S/C21H22ClN3O6S/c1-2-31-20(26)14-32(30)19-8-7-15(13-18(19)25(28)29)21(27)24-11-9-23(10-12-24)17-6-4-3-5-16(17)22/h3-8,13H,2,9-12,14H2,1H3. The molecule has 2 aromatic rings. The summed E-state index contributed by atoms with van der Waals surface area (Å²) < 4.78 is 17.2. The van der Waals surface area contributed by atoms with Gasteiger partial charge in [-0.15, -0.1) is 0 Å². The minimum atomic E-state index is -1.96. The molecule has 1 atom stereocenters. The fourth-order valence-corrected chi connectivity index (χ4v) is 4.71. The van der Waals surface area contributed by atoms with Crippen LogP contribution in [0.2, 0.25) is 5.02 Å². The maximum atomic E-state index is 12.9. The Balaban J connectivity index is 1.72. The lowest BCUT2D eigenvalue weighted by molar-refractivity contribution is -0.387. The van der Waals surface area contributed by atoms with E-state index in [4.69, 9.17) is 16.3 Å². The third-order valence-electron chi connectivity index (χ3n) is 4.96. The summed E-state index contributed by atoms with van der Waals surface area (Å²) in [7, 11) is -1.96. The zero-order chi connectivity index (χ0) is 23.3. The lowest BCUT2D eigenvalue weighted by Gasteiger charge is -2.36. The molecule has 32 heavy (non-hydrogen) atoms. The summed E-state index contributed by atoms with van der Waals surface area (Å²) in [6.45, 7) is 3.72. The summed E-state index contributed by atoms with van der Waals surface area (Å²) in [6.07, 6.45) is 0. The van der Waals surface area contributed by atoms with E-state index in [0.717, 1.165) is 11.8 Å². The predicted octanol–water partition coefficient (Wildman–Crippen LogP) is 2.88. The second-order valence-corrected chi connectivity index (χ2v) is 8.79. The van der Waals surface area contributed by atoms with E-state index in [1.165, 1.54) is 12.1 Å². The Morgan fingerprint density at radius 3 is 2.47 bits per heavy atom. The van der Waals surface area contributed by atoms with Crippen LogP contribution >= 0.6 is 11.6 Å². The highest BCUT2D eigenvalue weighted by molar-refractivity contribution is 7.85. The molecule has 0 bridgehead atoms. The number of esters is 1. The summed E-state index contributed by atoms with van der Waals surface area (Å²) in [5.41, 5.74) is 0.554. The molecule has 1 heterocycles. The molecule has 1 saturated heterocycles. The molecule has 1 fully saturated rings. The Bertz CT molecular complexity index is 1060. The molecule has 0 radical (unpaired) electrons. The monoisotopic (exact) mass is 479 g/mol. The van der Waals surface area contributed by atoms with E-state index >= 15 is 0 Å². The third-order valence-corrected chi connectivity index (χ3v) is 6.62. The molecule has 0 N–H and O–H groups in total. The van der Waals surface area contributed by atoms with Gasteiger partial charge in [-0.25, -0.2) is 0 Å². The van der Waals surface area contributed by atoms with Crippen molar-refractivity contribution in [3.63, 3.8) is 0 Å². The van der Waals surface area contributed by atoms with E-state index in [2.05, 4.69) is 4.90 Å². The summed E-state index contributed by atoms with van der Waals surface area (Å²) in [5, 5.41) is 12.2. The number of rotatable bonds is 7. The van der Waals surface area contributed by atoms with Crippen LogP contribution in [-0.2, 0) is 20.3 Å². The van der Waals surface area contributed by atoms with Crippen molar-refractivity contribution in [1.82, 2.24) is 4.90 Å². The Hall–Kier alpha value is -2.98. The molecule has 9 nitrogen and oxygen atoms in total. The van der Waals surface area contributed by atoms with Gasteiger partial charge < -0.3 is 14.5 Å². The minimum absolute atomic E-state index is 0.120. The lowest BCUT2D eigenvalue weighted by atomic mass is 10.1. The van der Waals surface area contributed by atoms with Gasteiger partial charge in [0.25, 0.3) is 11.6 Å². The fourth-order valence-electron chi connectivity index (χ4n) is 3.41. The molecule has 1 aliphatic heterocycles. The second kappa shape index (κ2) is 10.6. The number of nitro benzene ring substituents is 1. The molecular weight excluding hydrogens is 458 g/mol. The van der Waals surface area contributed by atoms with Crippen LogP contribution in [0.3, 0.4) is 0 Å². The first-order chi connectivity index (χ1) is 15.3. The Kier molecular flexibility index (Phi) is 7.81. The molecule has 1 amide bonds. The number of benzene rings is 2. The molecule has 2 aromatic carbocycles. The summed E-state index contributed by atoms with van der Waals surface area (Å²) in [5.74, 6) is -1.56. The van der Waals surface area contributed by atoms with Crippen LogP contribution in [0.5, 0.6) is 0 Å². The van der Waals surface area contributed by atoms with Crippen LogP contribution in [0.25, 0.3) is 0 Å². The molecule has 3 rings (SSSR count). The number of nitrogens with zero attached hydrogens (tertiary/aromatic N) is 3. The zero-order valence-corrected chi connectivity index (χ0v) is 18.9. The number of anilines is 1. The van der Waals surface area contributed by atoms with Gasteiger partial charge in [0, 0.05) is 37.8 Å². The number of carbonyl (C=O) groups excluding carboxylic acids is 2. The van der Waals surface area contributed by atoms with Crippen molar-refractivity contribution in [1.29, 1.82) is 0 Å². The normalized spacial score (nSPS) is 14.7. The van der Waals surface area contributed by atoms with Gasteiger partial charge >= 0.3 is 5.97 Å². The van der Waals surface area contributed by atoms with E-state index in [9.17, 15) is 23.9 Å². The van der Waals surface area contributed by atoms with Crippen molar-refractivity contribution in [2.75, 3.05) is 43.4 Å². The first-order valence-corrected chi connectivity index (χ1v) is 11.6. The quantitative estimate of drug-likeness (QED) is 0.341. The number of hydrogen-bond acceptors (Lipinski definition) is 7. The first kappa shape index (κ1) is 23.7. The number of halogens is 1. The Morgan fingerprint density at radius 2 is 1.84 bits per heavy atom. The van der Waals surface area contributed by atoms with Gasteiger partial charge in [-0.1, -0.05) is 23.7 Å². The molecule has 0 spiro atoms. The number of amides is 1. The second-order valence-electron chi connectivity index (χ2n) is 6.97. The van der Waals surface area contributed by atoms with Crippen molar-refractivity contribution in [3.8, 4) is 0 Å². The van der Waals surface area contributed by atoms with Crippen molar-refractivity contribution in [2.24, 2.45) is 0 Å². The molecular formula is C21H22ClN3O6S. The first-order valence-electron chi connectivity index (χ1n) is 9.93. The maximum Gasteiger partial charge on any atom is 0.318 e. The number of nitro groups is 1. The average Bonchev–Trinajstić information content (AvgIpc) is 2.78. The van der Waals surface area contributed by atoms with E-state index < -0.39 is 33.1 Å². The maximum absolute atomic E-state index is 12.9. The predicted molar refractivity (Wildman–Crippen MR) is 121 cm³/mol. The zero-order valence-electron chi connectivity index (χ0n) is 17.4. The van der Waals surface area contributed by atoms with Gasteiger partial charge in [0.1, 0.15) is 10.6 Å². The number of hydrogen-bond donors (Lipinski definition) is 0. The van der Waals surface area contributed by atoms with Crippen LogP contribution in [0.1, 0.15) is 17.3 Å². The summed E-state index contributed by atoms with van der Waals surface area (Å²) >= 11 is 6.25. The Morgan fingerprint density at radius 1 is 1.16 bits per heavy atom. The summed E-state index contributed by atoms with van der Waals surface area (Å²) in [6, 6.07) is 11.2. The largest absolute Gasteiger partial charge is 0.465 e. The van der Waals surface area contributed by atoms with Crippen molar-refractivity contribution in [2.45, 2.75) is 11.8 Å². The van der Waals surface area contributed by atoms with Crippen LogP contribution in [0, 0.1) is 10.1 Å². The molecule has 0 saturated carbocycles. The fraction of sp³-hybridized carbons (Fsp3) is 0.333. The van der Waals surface area contributed by atoms with E-state index in [-0.39, 0.29) is 23.0 Å². The highest BCUT2D eigenvalue weighted by atomic mass is 35.5. The lowest BCUT2D eigenvalue weighted by Crippen LogP contribution is -2.48. The number of piperazine rings is 1. The van der Waals surface area contributed by atoms with E-state index in [1.807, 2.05) is 18.2 Å². The minimum Gasteiger partial charge on any atom is -0.465 e. The van der Waals surface area contributed by atoms with Crippen LogP contribution in [0.4, 0.5) is 11.4 Å². The smallest absolute Gasteiger partial charge is 0.318 e. The van der Waals surface area contributed by atoms with E-state index in [0.29, 0.717) is 31.2 Å². The van der Waals surface area contributed by atoms with Crippen molar-refractivity contribution >= 4 is 45.7 Å². The summed E-state index contributed by atoms with van der Waals surface area (Å²) in [4.78, 5) is 38.9. The van der Waals surface area contributed by atoms with Gasteiger partial charge in [-0.2, -0.15) is 0 Å². The number of para-hydroxylation sites is 1. The Labute approximate surface area is 192 Å². The van der Waals surface area contributed by atoms with Crippen molar-refractivity contribution < 1.29 is 23.5 Å². The van der Waals surface area contributed by atoms with E-state index in [1.54, 1.807) is 17.9 Å². The highest BCUT2D eigenvalue weighted by Gasteiger charge is 2.27. The number of carbonyl (C=O) groups is 2.